The summed E-state index contributed by atoms with van der Waals surface area (Å²) in [6.45, 7) is 10.0. The topological polar surface area (TPSA) is 28.7 Å². The van der Waals surface area contributed by atoms with Crippen molar-refractivity contribution >= 4 is 10.9 Å². The summed E-state index contributed by atoms with van der Waals surface area (Å²) in [5, 5.41) is 10.2. The van der Waals surface area contributed by atoms with Crippen LogP contribution in [0.15, 0.2) is 48.6 Å². The number of aryl methyl sites for hydroxylation is 1. The van der Waals surface area contributed by atoms with Gasteiger partial charge in [0.25, 0.3) is 0 Å². The Kier molecular flexibility index (Phi) is 4.78. The van der Waals surface area contributed by atoms with E-state index < -0.39 is 0 Å². The van der Waals surface area contributed by atoms with Crippen molar-refractivity contribution in [1.29, 1.82) is 5.26 Å². The smallest absolute Gasteiger partial charge is 0.126 e. The Hall–Kier alpha value is -2.93. The number of rotatable bonds is 4. The molecule has 2 aliphatic rings. The SMILES string of the molecule is C=C(C#N)C1CC2(C1)CC(c1c(C(C)C)n(-c3ccc(F)c(C)c3)c3cc(F)ccc13)C2. The van der Waals surface area contributed by atoms with E-state index in [9.17, 15) is 8.78 Å². The number of allylic oxidation sites excluding steroid dienone is 1. The maximum absolute atomic E-state index is 14.3. The molecule has 2 aromatic carbocycles. The molecule has 5 rings (SSSR count). The van der Waals surface area contributed by atoms with Crippen LogP contribution >= 0.6 is 0 Å². The molecule has 2 aliphatic carbocycles. The van der Waals surface area contributed by atoms with Crippen molar-refractivity contribution in [2.24, 2.45) is 11.3 Å². The van der Waals surface area contributed by atoms with Crippen molar-refractivity contribution in [1.82, 2.24) is 4.57 Å². The lowest BCUT2D eigenvalue weighted by Crippen LogP contribution is -2.47. The van der Waals surface area contributed by atoms with E-state index in [1.165, 1.54) is 17.3 Å². The second kappa shape index (κ2) is 7.30. The van der Waals surface area contributed by atoms with Gasteiger partial charge in [-0.1, -0.05) is 20.4 Å². The summed E-state index contributed by atoms with van der Waals surface area (Å²) in [7, 11) is 0. The summed E-state index contributed by atoms with van der Waals surface area (Å²) in [5.74, 6) is 0.485. The van der Waals surface area contributed by atoms with Crippen LogP contribution in [0.4, 0.5) is 8.78 Å². The molecule has 4 heteroatoms. The fourth-order valence-electron chi connectivity index (χ4n) is 6.20. The first-order valence-corrected chi connectivity index (χ1v) is 11.4. The van der Waals surface area contributed by atoms with Gasteiger partial charge in [-0.05, 0) is 103 Å². The van der Waals surface area contributed by atoms with Crippen molar-refractivity contribution in [3.63, 3.8) is 0 Å². The molecule has 0 saturated heterocycles. The number of hydrogen-bond acceptors (Lipinski definition) is 1. The van der Waals surface area contributed by atoms with Gasteiger partial charge in [-0.2, -0.15) is 5.26 Å². The summed E-state index contributed by atoms with van der Waals surface area (Å²) >= 11 is 0. The van der Waals surface area contributed by atoms with Gasteiger partial charge in [0.1, 0.15) is 11.6 Å². The first kappa shape index (κ1) is 20.9. The zero-order valence-corrected chi connectivity index (χ0v) is 18.9. The minimum absolute atomic E-state index is 0.231. The summed E-state index contributed by atoms with van der Waals surface area (Å²) in [6, 6.07) is 12.4. The fraction of sp³-hybridized carbons (Fsp3) is 0.393. The Morgan fingerprint density at radius 3 is 2.47 bits per heavy atom. The molecule has 0 radical (unpaired) electrons. The highest BCUT2D eigenvalue weighted by Crippen LogP contribution is 2.66. The number of benzene rings is 2. The monoisotopic (exact) mass is 430 g/mol. The predicted molar refractivity (Wildman–Crippen MR) is 124 cm³/mol. The second-order valence-electron chi connectivity index (χ2n) is 10.2. The van der Waals surface area contributed by atoms with Crippen LogP contribution < -0.4 is 0 Å². The maximum atomic E-state index is 14.3. The van der Waals surface area contributed by atoms with E-state index in [1.807, 2.05) is 12.1 Å². The first-order valence-electron chi connectivity index (χ1n) is 11.4. The number of halogens is 2. The van der Waals surface area contributed by atoms with Gasteiger partial charge in [0.05, 0.1) is 11.6 Å². The van der Waals surface area contributed by atoms with Gasteiger partial charge in [-0.3, -0.25) is 0 Å². The van der Waals surface area contributed by atoms with Gasteiger partial charge in [0, 0.05) is 22.3 Å². The van der Waals surface area contributed by atoms with E-state index in [4.69, 9.17) is 5.26 Å². The Bertz CT molecular complexity index is 1280. The van der Waals surface area contributed by atoms with Crippen LogP contribution in [0.1, 0.15) is 68.2 Å². The quantitative estimate of drug-likeness (QED) is 0.390. The van der Waals surface area contributed by atoms with E-state index in [2.05, 4.69) is 31.1 Å². The Balaban J connectivity index is 1.60. The van der Waals surface area contributed by atoms with Gasteiger partial charge >= 0.3 is 0 Å². The molecule has 1 spiro atoms. The number of nitriles is 1. The van der Waals surface area contributed by atoms with Crippen molar-refractivity contribution in [2.45, 2.75) is 58.3 Å². The standard InChI is InChI=1S/C28H28F2N2/c1-16(2)27-26(20-13-28(14-20)11-19(12-28)18(4)15-31)23-7-5-21(29)10-25(23)32(27)22-6-8-24(30)17(3)9-22/h5-10,16,19-20H,4,11-14H2,1-3H3. The van der Waals surface area contributed by atoms with Crippen LogP contribution in [0.2, 0.25) is 0 Å². The zero-order chi connectivity index (χ0) is 22.8. The molecule has 0 aliphatic heterocycles. The largest absolute Gasteiger partial charge is 0.313 e. The third-order valence-corrected chi connectivity index (χ3v) is 7.72. The fourth-order valence-corrected chi connectivity index (χ4v) is 6.20. The predicted octanol–water partition coefficient (Wildman–Crippen LogP) is 7.69. The molecular formula is C28H28F2N2. The molecule has 3 aromatic rings. The number of nitrogens with zero attached hydrogens (tertiary/aromatic N) is 2. The Morgan fingerprint density at radius 1 is 1.12 bits per heavy atom. The average molecular weight is 431 g/mol. The molecular weight excluding hydrogens is 402 g/mol. The van der Waals surface area contributed by atoms with Gasteiger partial charge in [-0.25, -0.2) is 8.78 Å². The van der Waals surface area contributed by atoms with E-state index in [0.29, 0.717) is 28.4 Å². The van der Waals surface area contributed by atoms with E-state index in [-0.39, 0.29) is 17.6 Å². The minimum Gasteiger partial charge on any atom is -0.313 e. The Labute approximate surface area is 188 Å². The third-order valence-electron chi connectivity index (χ3n) is 7.72. The average Bonchev–Trinajstić information content (AvgIpc) is 3.02. The minimum atomic E-state index is -0.265. The van der Waals surface area contributed by atoms with Crippen LogP contribution in [0.25, 0.3) is 16.6 Å². The summed E-state index contributed by atoms with van der Waals surface area (Å²) in [6.07, 6.45) is 4.30. The molecule has 0 unspecified atom stereocenters. The lowest BCUT2D eigenvalue weighted by molar-refractivity contribution is -0.0257. The molecule has 0 bridgehead atoms. The normalized spacial score (nSPS) is 24.4. The second-order valence-corrected chi connectivity index (χ2v) is 10.2. The van der Waals surface area contributed by atoms with Crippen molar-refractivity contribution in [2.75, 3.05) is 0 Å². The zero-order valence-electron chi connectivity index (χ0n) is 18.9. The number of hydrogen-bond donors (Lipinski definition) is 0. The molecule has 0 N–H and O–H groups in total. The van der Waals surface area contributed by atoms with Gasteiger partial charge < -0.3 is 4.57 Å². The van der Waals surface area contributed by atoms with Crippen LogP contribution in [0.3, 0.4) is 0 Å². The van der Waals surface area contributed by atoms with Crippen molar-refractivity contribution < 1.29 is 8.78 Å². The molecule has 32 heavy (non-hydrogen) atoms. The van der Waals surface area contributed by atoms with Gasteiger partial charge in [-0.15, -0.1) is 0 Å². The number of fused-ring (bicyclic) bond motifs is 1. The molecule has 0 amide bonds. The summed E-state index contributed by atoms with van der Waals surface area (Å²) in [5.41, 5.74) is 5.83. The summed E-state index contributed by atoms with van der Waals surface area (Å²) < 4.78 is 30.5. The lowest BCUT2D eigenvalue weighted by Gasteiger charge is -2.58. The van der Waals surface area contributed by atoms with Crippen LogP contribution in [0, 0.1) is 41.2 Å². The first-order chi connectivity index (χ1) is 15.2. The van der Waals surface area contributed by atoms with E-state index in [1.54, 1.807) is 25.1 Å². The molecule has 0 atom stereocenters. The molecule has 2 saturated carbocycles. The Morgan fingerprint density at radius 2 is 1.84 bits per heavy atom. The van der Waals surface area contributed by atoms with Crippen LogP contribution in [-0.4, -0.2) is 4.57 Å². The van der Waals surface area contributed by atoms with E-state index >= 15 is 0 Å². The van der Waals surface area contributed by atoms with Crippen molar-refractivity contribution in [3.05, 3.63) is 77.0 Å². The van der Waals surface area contributed by atoms with Crippen LogP contribution in [0.5, 0.6) is 0 Å². The maximum Gasteiger partial charge on any atom is 0.126 e. The van der Waals surface area contributed by atoms with Crippen LogP contribution in [-0.2, 0) is 0 Å². The molecule has 1 heterocycles. The number of aromatic nitrogens is 1. The molecule has 2 nitrogen and oxygen atoms in total. The highest BCUT2D eigenvalue weighted by Gasteiger charge is 2.54. The molecule has 1 aromatic heterocycles. The van der Waals surface area contributed by atoms with Gasteiger partial charge in [0.15, 0.2) is 0 Å². The van der Waals surface area contributed by atoms with Gasteiger partial charge in [0.2, 0.25) is 0 Å². The third kappa shape index (κ3) is 3.10. The van der Waals surface area contributed by atoms with E-state index in [0.717, 1.165) is 42.3 Å². The summed E-state index contributed by atoms with van der Waals surface area (Å²) in [4.78, 5) is 0. The molecule has 2 fully saturated rings. The highest BCUT2D eigenvalue weighted by molar-refractivity contribution is 5.88. The highest BCUT2D eigenvalue weighted by atomic mass is 19.1. The lowest BCUT2D eigenvalue weighted by atomic mass is 9.46. The van der Waals surface area contributed by atoms with Crippen molar-refractivity contribution in [3.8, 4) is 11.8 Å². The molecule has 164 valence electrons.